The van der Waals surface area contributed by atoms with E-state index in [2.05, 4.69) is 23.7 Å². The number of thiazole rings is 1. The van der Waals surface area contributed by atoms with Gasteiger partial charge in [-0.05, 0) is 19.9 Å². The van der Waals surface area contributed by atoms with Crippen molar-refractivity contribution in [3.63, 3.8) is 0 Å². The van der Waals surface area contributed by atoms with E-state index in [1.54, 1.807) is 18.4 Å². The summed E-state index contributed by atoms with van der Waals surface area (Å²) in [6.07, 6.45) is 0. The second-order valence-corrected chi connectivity index (χ2v) is 6.44. The summed E-state index contributed by atoms with van der Waals surface area (Å²) in [6, 6.07) is 1.90. The fourth-order valence-electron chi connectivity index (χ4n) is 1.90. The predicted molar refractivity (Wildman–Crippen MR) is 85.1 cm³/mol. The summed E-state index contributed by atoms with van der Waals surface area (Å²) in [7, 11) is 1.70. The molecule has 0 spiro atoms. The van der Waals surface area contributed by atoms with Gasteiger partial charge < -0.3 is 14.9 Å². The topological polar surface area (TPSA) is 56.7 Å². The minimum absolute atomic E-state index is 0.0215. The van der Waals surface area contributed by atoms with E-state index < -0.39 is 0 Å². The third kappa shape index (κ3) is 2.94. The van der Waals surface area contributed by atoms with Crippen LogP contribution in [0.15, 0.2) is 6.07 Å². The smallest absolute Gasteiger partial charge is 0.263 e. The Balaban J connectivity index is 2.23. The van der Waals surface area contributed by atoms with Gasteiger partial charge in [-0.2, -0.15) is 0 Å². The molecule has 5 nitrogen and oxygen atoms in total. The number of fused-ring (bicyclic) bond motifs is 1. The molecule has 2 rings (SSSR count). The van der Waals surface area contributed by atoms with Gasteiger partial charge >= 0.3 is 0 Å². The van der Waals surface area contributed by atoms with E-state index in [0.29, 0.717) is 11.4 Å². The van der Waals surface area contributed by atoms with Crippen molar-refractivity contribution < 1.29 is 9.90 Å². The van der Waals surface area contributed by atoms with Crippen LogP contribution in [0.2, 0.25) is 0 Å². The number of anilines is 1. The molecule has 2 aromatic rings. The minimum atomic E-state index is -0.0568. The van der Waals surface area contributed by atoms with Gasteiger partial charge in [-0.3, -0.25) is 4.79 Å². The molecule has 1 amide bonds. The second kappa shape index (κ2) is 6.51. The van der Waals surface area contributed by atoms with Gasteiger partial charge in [-0.1, -0.05) is 11.3 Å². The van der Waals surface area contributed by atoms with Crippen molar-refractivity contribution in [1.82, 2.24) is 9.88 Å². The average Bonchev–Trinajstić information content (AvgIpc) is 2.98. The maximum atomic E-state index is 12.1. The molecule has 2 heterocycles. The molecule has 0 fully saturated rings. The van der Waals surface area contributed by atoms with E-state index in [0.717, 1.165) is 27.8 Å². The van der Waals surface area contributed by atoms with E-state index >= 15 is 0 Å². The van der Waals surface area contributed by atoms with Crippen LogP contribution >= 0.6 is 22.7 Å². The van der Waals surface area contributed by atoms with Crippen molar-refractivity contribution in [2.24, 2.45) is 0 Å². The van der Waals surface area contributed by atoms with Crippen molar-refractivity contribution >= 4 is 43.2 Å². The van der Waals surface area contributed by atoms with Crippen LogP contribution in [0.25, 0.3) is 9.53 Å². The van der Waals surface area contributed by atoms with Crippen LogP contribution in [-0.2, 0) is 0 Å². The molecule has 2 aromatic heterocycles. The first kappa shape index (κ1) is 15.2. The summed E-state index contributed by atoms with van der Waals surface area (Å²) in [6.45, 7) is 6.41. The molecule has 0 aromatic carbocycles. The molecule has 0 aliphatic carbocycles. The Morgan fingerprint density at radius 3 is 2.60 bits per heavy atom. The van der Waals surface area contributed by atoms with Gasteiger partial charge in [0.1, 0.15) is 4.83 Å². The maximum Gasteiger partial charge on any atom is 0.263 e. The van der Waals surface area contributed by atoms with E-state index in [1.807, 2.05) is 6.07 Å². The Hall–Kier alpha value is -1.18. The van der Waals surface area contributed by atoms with Crippen LogP contribution in [0.5, 0.6) is 0 Å². The van der Waals surface area contributed by atoms with Gasteiger partial charge in [0.15, 0.2) is 5.13 Å². The van der Waals surface area contributed by atoms with E-state index in [-0.39, 0.29) is 12.5 Å². The Bertz CT molecular complexity index is 558. The average molecular weight is 313 g/mol. The van der Waals surface area contributed by atoms with Crippen LogP contribution < -0.4 is 4.90 Å². The molecule has 7 heteroatoms. The van der Waals surface area contributed by atoms with Gasteiger partial charge in [0.2, 0.25) is 0 Å². The normalized spacial score (nSPS) is 11.0. The Morgan fingerprint density at radius 1 is 1.35 bits per heavy atom. The first-order chi connectivity index (χ1) is 9.60. The highest BCUT2D eigenvalue weighted by Gasteiger charge is 2.18. The van der Waals surface area contributed by atoms with Gasteiger partial charge in [0, 0.05) is 26.7 Å². The largest absolute Gasteiger partial charge is 0.395 e. The SMILES string of the molecule is CCN(CC)c1nc2sc(C(=O)N(C)CCO)cc2s1. The molecular formula is C13H19N3O2S2. The number of rotatable bonds is 6. The lowest BCUT2D eigenvalue weighted by Crippen LogP contribution is -2.28. The molecule has 0 bridgehead atoms. The molecule has 0 unspecified atom stereocenters. The standard InChI is InChI=1S/C13H19N3O2S2/c1-4-16(5-2)13-14-11-9(20-13)8-10(19-11)12(18)15(3)6-7-17/h8,17H,4-7H2,1-3H3. The van der Waals surface area contributed by atoms with Crippen LogP contribution in [0.1, 0.15) is 23.5 Å². The summed E-state index contributed by atoms with van der Waals surface area (Å²) in [5.41, 5.74) is 0. The summed E-state index contributed by atoms with van der Waals surface area (Å²) in [5.74, 6) is -0.0568. The summed E-state index contributed by atoms with van der Waals surface area (Å²) in [4.78, 5) is 22.1. The van der Waals surface area contributed by atoms with E-state index in [9.17, 15) is 4.79 Å². The van der Waals surface area contributed by atoms with Crippen molar-refractivity contribution in [1.29, 1.82) is 0 Å². The zero-order chi connectivity index (χ0) is 14.7. The zero-order valence-corrected chi connectivity index (χ0v) is 13.6. The van der Waals surface area contributed by atoms with Crippen molar-refractivity contribution in [3.05, 3.63) is 10.9 Å². The molecule has 20 heavy (non-hydrogen) atoms. The number of carbonyl (C=O) groups is 1. The number of hydrogen-bond acceptors (Lipinski definition) is 6. The van der Waals surface area contributed by atoms with Crippen LogP contribution in [-0.4, -0.2) is 54.2 Å². The molecule has 110 valence electrons. The molecule has 0 atom stereocenters. The third-order valence-corrected chi connectivity index (χ3v) is 5.31. The van der Waals surface area contributed by atoms with Crippen molar-refractivity contribution in [2.75, 3.05) is 38.2 Å². The monoisotopic (exact) mass is 313 g/mol. The Morgan fingerprint density at radius 2 is 2.05 bits per heavy atom. The lowest BCUT2D eigenvalue weighted by atomic mass is 10.4. The summed E-state index contributed by atoms with van der Waals surface area (Å²) < 4.78 is 1.05. The number of thiophene rings is 1. The fraction of sp³-hybridized carbons (Fsp3) is 0.538. The highest BCUT2D eigenvalue weighted by Crippen LogP contribution is 2.34. The number of aliphatic hydroxyl groups excluding tert-OH is 1. The van der Waals surface area contributed by atoms with Gasteiger partial charge in [0.05, 0.1) is 16.2 Å². The van der Waals surface area contributed by atoms with E-state index in [4.69, 9.17) is 5.11 Å². The third-order valence-electron chi connectivity index (χ3n) is 3.10. The fourth-order valence-corrected chi connectivity index (χ4v) is 4.23. The molecule has 0 saturated carbocycles. The number of carbonyl (C=O) groups excluding carboxylic acids is 1. The predicted octanol–water partition coefficient (Wildman–Crippen LogP) is 2.27. The number of hydrogen-bond donors (Lipinski definition) is 1. The van der Waals surface area contributed by atoms with Crippen LogP contribution in [0, 0.1) is 0 Å². The Labute approximate surface area is 126 Å². The number of aliphatic hydroxyl groups is 1. The highest BCUT2D eigenvalue weighted by atomic mass is 32.1. The van der Waals surface area contributed by atoms with Crippen LogP contribution in [0.4, 0.5) is 5.13 Å². The van der Waals surface area contributed by atoms with Gasteiger partial charge in [0.25, 0.3) is 5.91 Å². The number of nitrogens with zero attached hydrogens (tertiary/aromatic N) is 3. The lowest BCUT2D eigenvalue weighted by molar-refractivity contribution is 0.0772. The first-order valence-electron chi connectivity index (χ1n) is 6.62. The number of amides is 1. The quantitative estimate of drug-likeness (QED) is 0.889. The van der Waals surface area contributed by atoms with Crippen LogP contribution in [0.3, 0.4) is 0 Å². The molecule has 1 N–H and O–H groups in total. The summed E-state index contributed by atoms with van der Waals surface area (Å²) in [5, 5.41) is 9.89. The minimum Gasteiger partial charge on any atom is -0.395 e. The first-order valence-corrected chi connectivity index (χ1v) is 8.25. The highest BCUT2D eigenvalue weighted by molar-refractivity contribution is 7.29. The van der Waals surface area contributed by atoms with Crippen molar-refractivity contribution in [2.45, 2.75) is 13.8 Å². The zero-order valence-electron chi connectivity index (χ0n) is 11.9. The number of aromatic nitrogens is 1. The van der Waals surface area contributed by atoms with Gasteiger partial charge in [-0.25, -0.2) is 4.98 Å². The van der Waals surface area contributed by atoms with Gasteiger partial charge in [-0.15, -0.1) is 11.3 Å². The van der Waals surface area contributed by atoms with E-state index in [1.165, 1.54) is 16.2 Å². The second-order valence-electron chi connectivity index (χ2n) is 4.40. The molecule has 0 saturated heterocycles. The number of likely N-dealkylation sites (N-methyl/N-ethyl adjacent to an activating group) is 1. The maximum absolute atomic E-state index is 12.1. The molecule has 0 radical (unpaired) electrons. The summed E-state index contributed by atoms with van der Waals surface area (Å²) >= 11 is 3.04. The molecule has 0 aliphatic rings. The lowest BCUT2D eigenvalue weighted by Gasteiger charge is -2.16. The molecule has 0 aliphatic heterocycles. The Kier molecular flexibility index (Phi) is 4.95. The molecular weight excluding hydrogens is 294 g/mol. The van der Waals surface area contributed by atoms with Crippen molar-refractivity contribution in [3.8, 4) is 0 Å².